The number of rotatable bonds is 8. The largest absolute Gasteiger partial charge is 0.496 e. The van der Waals surface area contributed by atoms with Gasteiger partial charge in [0, 0.05) is 63.5 Å². The molecule has 1 atom stereocenters. The highest BCUT2D eigenvalue weighted by molar-refractivity contribution is 6.07. The van der Waals surface area contributed by atoms with Gasteiger partial charge in [-0.2, -0.15) is 5.10 Å². The summed E-state index contributed by atoms with van der Waals surface area (Å²) in [5.74, 6) is 1.17. The SMILES string of the molecule is COc1cc(C)ccc1CN1C(=O)CCN(c2cnn3ccc(CN4CCN(CC(C)C)[C@@H](C)C4)cc23)C1=O. The van der Waals surface area contributed by atoms with Crippen molar-refractivity contribution in [1.29, 1.82) is 0 Å². The monoisotopic (exact) mass is 532 g/mol. The van der Waals surface area contributed by atoms with E-state index in [0.717, 1.165) is 55.1 Å². The van der Waals surface area contributed by atoms with E-state index in [0.29, 0.717) is 24.3 Å². The van der Waals surface area contributed by atoms with Gasteiger partial charge in [0.05, 0.1) is 31.1 Å². The van der Waals surface area contributed by atoms with Crippen molar-refractivity contribution in [2.24, 2.45) is 5.92 Å². The zero-order chi connectivity index (χ0) is 27.7. The first kappa shape index (κ1) is 27.1. The number of amides is 3. The van der Waals surface area contributed by atoms with Crippen molar-refractivity contribution in [3.05, 3.63) is 59.4 Å². The van der Waals surface area contributed by atoms with Crippen LogP contribution in [0.5, 0.6) is 5.75 Å². The summed E-state index contributed by atoms with van der Waals surface area (Å²) in [4.78, 5) is 34.6. The third kappa shape index (κ3) is 5.79. The van der Waals surface area contributed by atoms with Gasteiger partial charge in [-0.3, -0.25) is 24.4 Å². The van der Waals surface area contributed by atoms with Crippen LogP contribution in [0.3, 0.4) is 0 Å². The smallest absolute Gasteiger partial charge is 0.331 e. The van der Waals surface area contributed by atoms with Crippen molar-refractivity contribution >= 4 is 23.1 Å². The molecule has 9 heteroatoms. The highest BCUT2D eigenvalue weighted by atomic mass is 16.5. The van der Waals surface area contributed by atoms with Gasteiger partial charge in [-0.05, 0) is 49.1 Å². The molecule has 0 unspecified atom stereocenters. The van der Waals surface area contributed by atoms with Gasteiger partial charge in [-0.1, -0.05) is 26.0 Å². The first-order valence-corrected chi connectivity index (χ1v) is 13.9. The molecule has 0 spiro atoms. The Bertz CT molecular complexity index is 1350. The summed E-state index contributed by atoms with van der Waals surface area (Å²) in [5.41, 5.74) is 4.65. The number of fused-ring (bicyclic) bond motifs is 1. The van der Waals surface area contributed by atoms with Crippen molar-refractivity contribution in [1.82, 2.24) is 24.3 Å². The molecular formula is C30H40N6O3. The summed E-state index contributed by atoms with van der Waals surface area (Å²) in [5, 5.41) is 4.51. The summed E-state index contributed by atoms with van der Waals surface area (Å²) >= 11 is 0. The molecule has 208 valence electrons. The van der Waals surface area contributed by atoms with Gasteiger partial charge in [0.2, 0.25) is 5.91 Å². The van der Waals surface area contributed by atoms with Crippen LogP contribution in [0.25, 0.3) is 5.52 Å². The number of pyridine rings is 1. The second-order valence-electron chi connectivity index (χ2n) is 11.3. The molecule has 0 bridgehead atoms. The number of aryl methyl sites for hydroxylation is 1. The highest BCUT2D eigenvalue weighted by Crippen LogP contribution is 2.29. The number of carbonyl (C=O) groups excluding carboxylic acids is 2. The number of methoxy groups -OCH3 is 1. The Balaban J connectivity index is 1.33. The van der Waals surface area contributed by atoms with E-state index in [2.05, 4.69) is 47.8 Å². The average molecular weight is 533 g/mol. The Morgan fingerprint density at radius 3 is 2.64 bits per heavy atom. The molecule has 1 aromatic carbocycles. The highest BCUT2D eigenvalue weighted by Gasteiger charge is 2.35. The first-order valence-electron chi connectivity index (χ1n) is 13.9. The standard InChI is InChI=1S/C30H40N6O3/c1-21(2)17-33-13-12-32(18-23(33)4)19-24-8-11-36-26(15-24)27(16-31-36)34-10-9-29(37)35(30(34)38)20-25-7-6-22(3)14-28(25)39-5/h6-8,11,14-16,21,23H,9-10,12-13,17-20H2,1-5H3/t23-/m0/s1. The van der Waals surface area contributed by atoms with Gasteiger partial charge >= 0.3 is 6.03 Å². The summed E-state index contributed by atoms with van der Waals surface area (Å²) in [6.07, 6.45) is 3.95. The van der Waals surface area contributed by atoms with Gasteiger partial charge in [0.1, 0.15) is 5.75 Å². The van der Waals surface area contributed by atoms with Crippen LogP contribution in [-0.2, 0) is 17.9 Å². The Kier molecular flexibility index (Phi) is 7.91. The molecule has 0 radical (unpaired) electrons. The lowest BCUT2D eigenvalue weighted by Gasteiger charge is -2.40. The normalized spacial score (nSPS) is 19.5. The minimum absolute atomic E-state index is 0.170. The van der Waals surface area contributed by atoms with E-state index >= 15 is 0 Å². The number of ether oxygens (including phenoxy) is 1. The average Bonchev–Trinajstić information content (AvgIpc) is 3.31. The molecule has 3 aromatic rings. The zero-order valence-electron chi connectivity index (χ0n) is 23.8. The van der Waals surface area contributed by atoms with Crippen LogP contribution in [0.4, 0.5) is 10.5 Å². The molecule has 39 heavy (non-hydrogen) atoms. The lowest BCUT2D eigenvalue weighted by molar-refractivity contribution is -0.129. The van der Waals surface area contributed by atoms with E-state index in [-0.39, 0.29) is 24.9 Å². The van der Waals surface area contributed by atoms with Gasteiger partial charge in [0.15, 0.2) is 0 Å². The molecule has 2 aliphatic rings. The van der Waals surface area contributed by atoms with E-state index in [1.165, 1.54) is 10.5 Å². The molecule has 2 aliphatic heterocycles. The van der Waals surface area contributed by atoms with Gasteiger partial charge in [-0.25, -0.2) is 9.31 Å². The zero-order valence-corrected chi connectivity index (χ0v) is 23.8. The quantitative estimate of drug-likeness (QED) is 0.434. The third-order valence-electron chi connectivity index (χ3n) is 7.79. The molecule has 0 saturated carbocycles. The van der Waals surface area contributed by atoms with Crippen LogP contribution in [0.2, 0.25) is 0 Å². The number of benzene rings is 1. The predicted octanol–water partition coefficient (Wildman–Crippen LogP) is 4.17. The minimum Gasteiger partial charge on any atom is -0.496 e. The Morgan fingerprint density at radius 1 is 1.08 bits per heavy atom. The van der Waals surface area contributed by atoms with Gasteiger partial charge in [0.25, 0.3) is 0 Å². The Labute approximate surface area is 230 Å². The second kappa shape index (κ2) is 11.4. The maximum Gasteiger partial charge on any atom is 0.331 e. The van der Waals surface area contributed by atoms with Crippen LogP contribution in [0.15, 0.2) is 42.7 Å². The number of anilines is 1. The number of imide groups is 1. The van der Waals surface area contributed by atoms with Crippen molar-refractivity contribution in [2.75, 3.05) is 44.7 Å². The van der Waals surface area contributed by atoms with Crippen molar-refractivity contribution in [2.45, 2.75) is 53.2 Å². The number of nitrogens with zero attached hydrogens (tertiary/aromatic N) is 6. The minimum atomic E-state index is -0.329. The maximum absolute atomic E-state index is 13.6. The van der Waals surface area contributed by atoms with E-state index < -0.39 is 0 Å². The lowest BCUT2D eigenvalue weighted by atomic mass is 10.1. The number of aromatic nitrogens is 2. The predicted molar refractivity (Wildman–Crippen MR) is 152 cm³/mol. The number of urea groups is 1. The lowest BCUT2D eigenvalue weighted by Crippen LogP contribution is -2.52. The second-order valence-corrected chi connectivity index (χ2v) is 11.3. The number of piperazine rings is 1. The van der Waals surface area contributed by atoms with Crippen LogP contribution in [-0.4, -0.2) is 82.1 Å². The summed E-state index contributed by atoms with van der Waals surface area (Å²) in [6, 6.07) is 10.2. The molecule has 2 saturated heterocycles. The van der Waals surface area contributed by atoms with E-state index in [1.54, 1.807) is 22.7 Å². The fourth-order valence-corrected chi connectivity index (χ4v) is 5.75. The molecule has 0 N–H and O–H groups in total. The molecule has 9 nitrogen and oxygen atoms in total. The first-order chi connectivity index (χ1) is 18.7. The molecule has 5 rings (SSSR count). The van der Waals surface area contributed by atoms with E-state index in [4.69, 9.17) is 4.74 Å². The summed E-state index contributed by atoms with van der Waals surface area (Å²) in [7, 11) is 1.60. The topological polar surface area (TPSA) is 73.6 Å². The fraction of sp³-hybridized carbons (Fsp3) is 0.500. The van der Waals surface area contributed by atoms with Gasteiger partial charge < -0.3 is 4.74 Å². The number of carbonyl (C=O) groups is 2. The van der Waals surface area contributed by atoms with Crippen LogP contribution < -0.4 is 9.64 Å². The van der Waals surface area contributed by atoms with Gasteiger partial charge in [-0.15, -0.1) is 0 Å². The van der Waals surface area contributed by atoms with Crippen LogP contribution >= 0.6 is 0 Å². The van der Waals surface area contributed by atoms with Crippen molar-refractivity contribution < 1.29 is 14.3 Å². The molecule has 4 heterocycles. The van der Waals surface area contributed by atoms with Crippen LogP contribution in [0, 0.1) is 12.8 Å². The maximum atomic E-state index is 13.6. The molecular weight excluding hydrogens is 492 g/mol. The van der Waals surface area contributed by atoms with E-state index in [1.807, 2.05) is 31.3 Å². The number of hydrogen-bond donors (Lipinski definition) is 0. The number of hydrogen-bond acceptors (Lipinski definition) is 6. The summed E-state index contributed by atoms with van der Waals surface area (Å²) in [6.45, 7) is 14.5. The Morgan fingerprint density at radius 2 is 1.90 bits per heavy atom. The fourth-order valence-electron chi connectivity index (χ4n) is 5.75. The molecule has 2 aromatic heterocycles. The van der Waals surface area contributed by atoms with Crippen molar-refractivity contribution in [3.8, 4) is 5.75 Å². The third-order valence-corrected chi connectivity index (χ3v) is 7.79. The molecule has 2 fully saturated rings. The summed E-state index contributed by atoms with van der Waals surface area (Å²) < 4.78 is 7.32. The van der Waals surface area contributed by atoms with Crippen LogP contribution in [0.1, 0.15) is 43.9 Å². The van der Waals surface area contributed by atoms with Crippen molar-refractivity contribution in [3.63, 3.8) is 0 Å². The van der Waals surface area contributed by atoms with E-state index in [9.17, 15) is 9.59 Å². The molecule has 3 amide bonds. The Hall–Kier alpha value is -3.43. The molecule has 0 aliphatic carbocycles.